The van der Waals surface area contributed by atoms with E-state index in [-0.39, 0.29) is 49.3 Å². The molecule has 0 bridgehead atoms. The van der Waals surface area contributed by atoms with Gasteiger partial charge in [-0.15, -0.1) is 0 Å². The Bertz CT molecular complexity index is 1780. The molecule has 8 N–H and O–H groups in total. The number of aliphatic hydroxyl groups is 8. The number of esters is 2. The third kappa shape index (κ3) is 11.0. The molecule has 20 nitrogen and oxygen atoms in total. The Hall–Kier alpha value is -1.96. The van der Waals surface area contributed by atoms with Crippen molar-refractivity contribution in [3.63, 3.8) is 0 Å². The van der Waals surface area contributed by atoms with Gasteiger partial charge in [-0.3, -0.25) is 4.79 Å². The minimum atomic E-state index is -1.69. The van der Waals surface area contributed by atoms with Crippen LogP contribution < -0.4 is 0 Å². The maximum absolute atomic E-state index is 12.2. The van der Waals surface area contributed by atoms with Crippen molar-refractivity contribution in [1.29, 1.82) is 0 Å². The zero-order valence-corrected chi connectivity index (χ0v) is 40.8. The molecule has 0 aromatic heterocycles. The number of cyclic esters (lactones) is 1. The lowest BCUT2D eigenvalue weighted by atomic mass is 9.57. The summed E-state index contributed by atoms with van der Waals surface area (Å²) >= 11 is 0. The van der Waals surface area contributed by atoms with E-state index in [4.69, 9.17) is 47.4 Å². The molecule has 8 rings (SSSR count). The predicted molar refractivity (Wildman–Crippen MR) is 237 cm³/mol. The molecule has 394 valence electrons. The summed E-state index contributed by atoms with van der Waals surface area (Å²) in [5.41, 5.74) is -1.02. The van der Waals surface area contributed by atoms with Crippen molar-refractivity contribution >= 4 is 11.9 Å². The summed E-state index contributed by atoms with van der Waals surface area (Å²) in [6, 6.07) is 0. The minimum absolute atomic E-state index is 0.00605. The third-order valence-electron chi connectivity index (χ3n) is 17.4. The molecule has 24 atom stereocenters. The number of rotatable bonds is 11. The highest BCUT2D eigenvalue weighted by Gasteiger charge is 2.61. The van der Waals surface area contributed by atoms with E-state index in [0.717, 1.165) is 44.1 Å². The van der Waals surface area contributed by atoms with E-state index in [1.807, 2.05) is 6.92 Å². The van der Waals surface area contributed by atoms with E-state index < -0.39 is 134 Å². The average molecular weight is 987 g/mol. The van der Waals surface area contributed by atoms with Crippen LogP contribution in [0.3, 0.4) is 0 Å². The maximum atomic E-state index is 12.2. The predicted octanol–water partition coefficient (Wildman–Crippen LogP) is 1.15. The van der Waals surface area contributed by atoms with Gasteiger partial charge in [0.15, 0.2) is 25.2 Å². The molecule has 0 spiro atoms. The van der Waals surface area contributed by atoms with Crippen molar-refractivity contribution < 1.29 is 97.8 Å². The largest absolute Gasteiger partial charge is 0.459 e. The van der Waals surface area contributed by atoms with Crippen LogP contribution >= 0.6 is 0 Å². The number of aliphatic hydroxyl groups excluding tert-OH is 7. The SMILES string of the molecule is CC(=O)OC1CC(OC2C(O)CC(OC3C(O)CC(OC4CCC5(C)CCC(O)C6(C)C(C7=CC(=O)OC7)CCC6(O)CCCC5C4)OC3C)OC2C)OC(C)C1OC1OC(CO)C(O)C(O)C1O. The number of fused-ring (bicyclic) bond motifs is 2. The lowest BCUT2D eigenvalue weighted by Gasteiger charge is -2.51. The lowest BCUT2D eigenvalue weighted by molar-refractivity contribution is -0.355. The highest BCUT2D eigenvalue weighted by Crippen LogP contribution is 2.60. The van der Waals surface area contributed by atoms with Crippen molar-refractivity contribution in [1.82, 2.24) is 0 Å². The summed E-state index contributed by atoms with van der Waals surface area (Å²) < 4.78 is 60.0. The summed E-state index contributed by atoms with van der Waals surface area (Å²) in [7, 11) is 0. The molecule has 0 aromatic rings. The van der Waals surface area contributed by atoms with E-state index >= 15 is 0 Å². The van der Waals surface area contributed by atoms with Crippen LogP contribution in [0.5, 0.6) is 0 Å². The number of carbonyl (C=O) groups is 2. The highest BCUT2D eigenvalue weighted by molar-refractivity contribution is 5.85. The molecule has 3 aliphatic carbocycles. The van der Waals surface area contributed by atoms with Crippen molar-refractivity contribution in [2.75, 3.05) is 13.2 Å². The van der Waals surface area contributed by atoms with Gasteiger partial charge in [-0.25, -0.2) is 4.79 Å². The number of carbonyl (C=O) groups excluding carboxylic acids is 2. The zero-order valence-electron chi connectivity index (χ0n) is 40.8. The average Bonchev–Trinajstić information content (AvgIpc) is 3.83. The van der Waals surface area contributed by atoms with Gasteiger partial charge in [0.05, 0.1) is 54.9 Å². The van der Waals surface area contributed by atoms with Crippen molar-refractivity contribution in [3.8, 4) is 0 Å². The van der Waals surface area contributed by atoms with Crippen LogP contribution in [0.25, 0.3) is 0 Å². The lowest BCUT2D eigenvalue weighted by Crippen LogP contribution is -2.62. The first kappa shape index (κ1) is 53.3. The zero-order chi connectivity index (χ0) is 49.7. The molecule has 5 aliphatic heterocycles. The van der Waals surface area contributed by atoms with Gasteiger partial charge in [-0.2, -0.15) is 0 Å². The Morgan fingerprint density at radius 1 is 0.710 bits per heavy atom. The second kappa shape index (κ2) is 21.5. The first-order valence-corrected chi connectivity index (χ1v) is 25.3. The van der Waals surface area contributed by atoms with Crippen LogP contribution in [-0.2, 0) is 57.0 Å². The summed E-state index contributed by atoms with van der Waals surface area (Å²) in [6.45, 7) is 10.2. The molecule has 5 heterocycles. The normalized spacial score (nSPS) is 50.9. The standard InChI is InChI=1S/C49H78O20/c1-23-43(67-38-19-32(53)44(24(2)62-38)68-39-20-33(64-26(4)51)45(25(3)63-39)69-46-42(58)41(57)40(56)34(21-50)66-46)31(52)18-37(61-23)65-29-9-13-47(5)14-11-35(54)48(6)30(27-16-36(55)60-22-27)10-15-49(48,59)12-7-8-28(47)17-29/h16,23-25,28-35,37-46,50,52-54,56-59H,7-15,17-22H2,1-6H3. The Balaban J connectivity index is 0.812. The molecule has 20 heteroatoms. The van der Waals surface area contributed by atoms with Crippen molar-refractivity contribution in [3.05, 3.63) is 11.6 Å². The van der Waals surface area contributed by atoms with Gasteiger partial charge in [-0.05, 0) is 101 Å². The molecule has 7 fully saturated rings. The summed E-state index contributed by atoms with van der Waals surface area (Å²) in [4.78, 5) is 24.2. The summed E-state index contributed by atoms with van der Waals surface area (Å²) in [6.07, 6.45) is -10.00. The molecular formula is C49H78O20. The quantitative estimate of drug-likeness (QED) is 0.135. The van der Waals surface area contributed by atoms with Gasteiger partial charge in [0.2, 0.25) is 0 Å². The number of hydrogen-bond donors (Lipinski definition) is 8. The van der Waals surface area contributed by atoms with E-state index in [9.17, 15) is 50.4 Å². The van der Waals surface area contributed by atoms with Gasteiger partial charge in [0.25, 0.3) is 0 Å². The van der Waals surface area contributed by atoms with Crippen molar-refractivity contribution in [2.24, 2.45) is 22.7 Å². The molecule has 3 saturated carbocycles. The molecule has 0 amide bonds. The second-order valence-corrected chi connectivity index (χ2v) is 21.9. The number of ether oxygens (including phenoxy) is 10. The summed E-state index contributed by atoms with van der Waals surface area (Å²) in [5.74, 6) is -0.817. The molecule has 69 heavy (non-hydrogen) atoms. The third-order valence-corrected chi connectivity index (χ3v) is 17.4. The van der Waals surface area contributed by atoms with Gasteiger partial charge in [0, 0.05) is 37.7 Å². The Morgan fingerprint density at radius 2 is 1.32 bits per heavy atom. The van der Waals surface area contributed by atoms with Gasteiger partial charge in [-0.1, -0.05) is 20.3 Å². The fraction of sp³-hybridized carbons (Fsp3) is 0.918. The van der Waals surface area contributed by atoms with Gasteiger partial charge in [0.1, 0.15) is 55.4 Å². The van der Waals surface area contributed by atoms with Gasteiger partial charge < -0.3 is 88.2 Å². The highest BCUT2D eigenvalue weighted by atomic mass is 16.8. The van der Waals surface area contributed by atoms with Crippen LogP contribution in [0.1, 0.15) is 125 Å². The molecule has 0 aromatic carbocycles. The first-order valence-electron chi connectivity index (χ1n) is 25.3. The molecule has 0 radical (unpaired) electrons. The van der Waals surface area contributed by atoms with Crippen LogP contribution in [0.15, 0.2) is 11.6 Å². The molecule has 8 aliphatic rings. The first-order chi connectivity index (χ1) is 32.6. The summed E-state index contributed by atoms with van der Waals surface area (Å²) in [5, 5.41) is 87.6. The Kier molecular flexibility index (Phi) is 16.6. The molecule has 24 unspecified atom stereocenters. The van der Waals surface area contributed by atoms with E-state index in [1.54, 1.807) is 26.8 Å². The monoisotopic (exact) mass is 987 g/mol. The Labute approximate surface area is 403 Å². The molecule has 4 saturated heterocycles. The van der Waals surface area contributed by atoms with Crippen LogP contribution in [0.4, 0.5) is 0 Å². The van der Waals surface area contributed by atoms with E-state index in [0.29, 0.717) is 31.6 Å². The van der Waals surface area contributed by atoms with E-state index in [2.05, 4.69) is 6.92 Å². The fourth-order valence-electron chi connectivity index (χ4n) is 13.2. The van der Waals surface area contributed by atoms with E-state index in [1.165, 1.54) is 6.92 Å². The minimum Gasteiger partial charge on any atom is -0.459 e. The van der Waals surface area contributed by atoms with Crippen LogP contribution in [-0.4, -0.2) is 188 Å². The van der Waals surface area contributed by atoms with Crippen LogP contribution in [0, 0.1) is 22.7 Å². The second-order valence-electron chi connectivity index (χ2n) is 21.9. The maximum Gasteiger partial charge on any atom is 0.331 e. The number of hydrogen-bond acceptors (Lipinski definition) is 20. The topological polar surface area (TPSA) is 288 Å². The molecular weight excluding hydrogens is 909 g/mol. The van der Waals surface area contributed by atoms with Gasteiger partial charge >= 0.3 is 11.9 Å². The van der Waals surface area contributed by atoms with Crippen LogP contribution in [0.2, 0.25) is 0 Å². The smallest absolute Gasteiger partial charge is 0.331 e. The fourth-order valence-corrected chi connectivity index (χ4v) is 13.2. The van der Waals surface area contributed by atoms with Crippen molar-refractivity contribution in [2.45, 2.75) is 247 Å². The Morgan fingerprint density at radius 3 is 1.91 bits per heavy atom.